The summed E-state index contributed by atoms with van der Waals surface area (Å²) in [6, 6.07) is 1.54. The van der Waals surface area contributed by atoms with Crippen LogP contribution in [0.1, 0.15) is 47.7 Å². The van der Waals surface area contributed by atoms with Gasteiger partial charge in [0.1, 0.15) is 11.9 Å². The topological polar surface area (TPSA) is 82.2 Å². The van der Waals surface area contributed by atoms with Crippen LogP contribution in [0.5, 0.6) is 0 Å². The van der Waals surface area contributed by atoms with Crippen LogP contribution in [-0.4, -0.2) is 33.5 Å². The Labute approximate surface area is 128 Å². The molecule has 0 bridgehead atoms. The lowest BCUT2D eigenvalue weighted by molar-refractivity contribution is -0.00959. The second-order valence-electron chi connectivity index (χ2n) is 5.47. The third-order valence-corrected chi connectivity index (χ3v) is 3.81. The smallest absolute Gasteiger partial charge is 0.273 e. The molecule has 2 aromatic heterocycles. The molecule has 22 heavy (non-hydrogen) atoms. The molecule has 0 spiro atoms. The maximum atomic E-state index is 12.3. The molecule has 1 fully saturated rings. The summed E-state index contributed by atoms with van der Waals surface area (Å²) in [5.41, 5.74) is 1.29. The molecule has 3 heterocycles. The molecule has 0 aromatic carbocycles. The van der Waals surface area contributed by atoms with Crippen molar-refractivity contribution in [3.8, 4) is 0 Å². The van der Waals surface area contributed by atoms with E-state index in [0.717, 1.165) is 24.9 Å². The molecule has 3 rings (SSSR count). The predicted molar refractivity (Wildman–Crippen MR) is 78.3 cm³/mol. The van der Waals surface area contributed by atoms with Gasteiger partial charge in [0.2, 0.25) is 0 Å². The van der Waals surface area contributed by atoms with Crippen LogP contribution < -0.4 is 5.32 Å². The first-order valence-corrected chi connectivity index (χ1v) is 7.55. The number of nitrogens with one attached hydrogen (secondary N) is 1. The second kappa shape index (κ2) is 6.31. The van der Waals surface area contributed by atoms with Crippen LogP contribution in [0.4, 0.5) is 0 Å². The van der Waals surface area contributed by atoms with Gasteiger partial charge < -0.3 is 14.6 Å². The molecule has 0 aliphatic carbocycles. The summed E-state index contributed by atoms with van der Waals surface area (Å²) in [5.74, 6) is 0.381. The van der Waals surface area contributed by atoms with E-state index in [9.17, 15) is 4.79 Å². The predicted octanol–water partition coefficient (Wildman–Crippen LogP) is 1.85. The number of hydrogen-bond donors (Lipinski definition) is 1. The first-order valence-electron chi connectivity index (χ1n) is 7.55. The summed E-state index contributed by atoms with van der Waals surface area (Å²) >= 11 is 0. The van der Waals surface area contributed by atoms with Crippen LogP contribution in [0, 0.1) is 6.92 Å². The van der Waals surface area contributed by atoms with Gasteiger partial charge in [-0.2, -0.15) is 5.10 Å². The van der Waals surface area contributed by atoms with E-state index in [1.165, 1.54) is 0 Å². The van der Waals surface area contributed by atoms with Gasteiger partial charge in [0.15, 0.2) is 5.69 Å². The van der Waals surface area contributed by atoms with Crippen LogP contribution in [0.15, 0.2) is 23.0 Å². The van der Waals surface area contributed by atoms with Crippen LogP contribution in [0.3, 0.4) is 0 Å². The first-order chi connectivity index (χ1) is 10.7. The average Bonchev–Trinajstić information content (AvgIpc) is 3.16. The molecule has 1 amide bonds. The molecule has 1 aliphatic heterocycles. The highest BCUT2D eigenvalue weighted by Crippen LogP contribution is 2.28. The zero-order valence-corrected chi connectivity index (χ0v) is 12.8. The number of carbonyl (C=O) groups is 1. The van der Waals surface area contributed by atoms with Crippen molar-refractivity contribution >= 4 is 5.91 Å². The lowest BCUT2D eigenvalue weighted by atomic mass is 9.98. The zero-order chi connectivity index (χ0) is 15.5. The van der Waals surface area contributed by atoms with Crippen molar-refractivity contribution in [3.63, 3.8) is 0 Å². The highest BCUT2D eigenvalue weighted by Gasteiger charge is 2.30. The number of aryl methyl sites for hydroxylation is 2. The minimum Gasteiger partial charge on any atom is -0.371 e. The highest BCUT2D eigenvalue weighted by atomic mass is 16.5. The number of amides is 1. The fourth-order valence-electron chi connectivity index (χ4n) is 2.67. The van der Waals surface area contributed by atoms with Crippen molar-refractivity contribution in [1.29, 1.82) is 0 Å². The van der Waals surface area contributed by atoms with Gasteiger partial charge in [0, 0.05) is 31.0 Å². The Kier molecular flexibility index (Phi) is 4.24. The molecule has 7 heteroatoms. The number of aromatic nitrogens is 3. The van der Waals surface area contributed by atoms with Crippen molar-refractivity contribution in [2.45, 2.75) is 45.4 Å². The molecule has 2 aromatic rings. The Hall–Kier alpha value is -2.15. The quantitative estimate of drug-likeness (QED) is 0.932. The van der Waals surface area contributed by atoms with E-state index in [0.29, 0.717) is 18.1 Å². The summed E-state index contributed by atoms with van der Waals surface area (Å²) in [4.78, 5) is 12.3. The molecule has 1 aliphatic rings. The van der Waals surface area contributed by atoms with Crippen molar-refractivity contribution < 1.29 is 14.1 Å². The van der Waals surface area contributed by atoms with E-state index in [2.05, 4.69) is 15.6 Å². The van der Waals surface area contributed by atoms with E-state index in [1.54, 1.807) is 19.2 Å². The normalized spacial score (nSPS) is 21.7. The minimum atomic E-state index is -0.236. The van der Waals surface area contributed by atoms with Gasteiger partial charge in [-0.3, -0.25) is 9.48 Å². The zero-order valence-electron chi connectivity index (χ0n) is 12.8. The van der Waals surface area contributed by atoms with Crippen LogP contribution >= 0.6 is 0 Å². The largest absolute Gasteiger partial charge is 0.371 e. The molecular formula is C15H20N4O3. The molecule has 1 N–H and O–H groups in total. The number of nitrogens with zero attached hydrogens (tertiary/aromatic N) is 3. The van der Waals surface area contributed by atoms with Crippen molar-refractivity contribution in [2.24, 2.45) is 0 Å². The maximum Gasteiger partial charge on any atom is 0.273 e. The van der Waals surface area contributed by atoms with Crippen molar-refractivity contribution in [1.82, 2.24) is 20.3 Å². The number of hydrogen-bond acceptors (Lipinski definition) is 5. The van der Waals surface area contributed by atoms with Crippen molar-refractivity contribution in [2.75, 3.05) is 6.61 Å². The third kappa shape index (κ3) is 3.04. The van der Waals surface area contributed by atoms with E-state index in [1.807, 2.05) is 17.8 Å². The summed E-state index contributed by atoms with van der Waals surface area (Å²) < 4.78 is 12.7. The van der Waals surface area contributed by atoms with Gasteiger partial charge in [-0.05, 0) is 26.7 Å². The average molecular weight is 304 g/mol. The lowest BCUT2D eigenvalue weighted by Crippen LogP contribution is -2.42. The van der Waals surface area contributed by atoms with E-state index < -0.39 is 0 Å². The Morgan fingerprint density at radius 3 is 3.09 bits per heavy atom. The molecule has 7 nitrogen and oxygen atoms in total. The Morgan fingerprint density at radius 1 is 1.55 bits per heavy atom. The number of ether oxygens (including phenoxy) is 1. The van der Waals surface area contributed by atoms with Crippen LogP contribution in [0.25, 0.3) is 0 Å². The molecular weight excluding hydrogens is 284 g/mol. The van der Waals surface area contributed by atoms with E-state index >= 15 is 0 Å². The maximum absolute atomic E-state index is 12.3. The van der Waals surface area contributed by atoms with Gasteiger partial charge in [0.05, 0.1) is 12.2 Å². The molecule has 0 saturated carbocycles. The van der Waals surface area contributed by atoms with Crippen LogP contribution in [-0.2, 0) is 11.3 Å². The van der Waals surface area contributed by atoms with Gasteiger partial charge >= 0.3 is 0 Å². The minimum absolute atomic E-state index is 0.0900. The Bertz CT molecular complexity index is 649. The van der Waals surface area contributed by atoms with Gasteiger partial charge in [-0.25, -0.2) is 0 Å². The standard InChI is InChI=1S/C15H20N4O3/c1-3-19-9-11(8-16-19)14-12(5-4-6-21-14)17-15(20)13-7-10(2)22-18-13/h7-9,12,14H,3-6H2,1-2H3,(H,17,20)/t12-,14+/m0/s1. The summed E-state index contributed by atoms with van der Waals surface area (Å²) in [7, 11) is 0. The van der Waals surface area contributed by atoms with Crippen molar-refractivity contribution in [3.05, 3.63) is 35.5 Å². The first kappa shape index (κ1) is 14.8. The SMILES string of the molecule is CCn1cc([C@H]2OCCC[C@@H]2NC(=O)c2cc(C)on2)cn1. The molecule has 0 unspecified atom stereocenters. The fraction of sp³-hybridized carbons (Fsp3) is 0.533. The van der Waals surface area contributed by atoms with Gasteiger partial charge in [-0.1, -0.05) is 5.16 Å². The van der Waals surface area contributed by atoms with E-state index in [-0.39, 0.29) is 18.1 Å². The second-order valence-corrected chi connectivity index (χ2v) is 5.47. The number of rotatable bonds is 4. The lowest BCUT2D eigenvalue weighted by Gasteiger charge is -2.31. The summed E-state index contributed by atoms with van der Waals surface area (Å²) in [6.07, 6.45) is 5.38. The molecule has 2 atom stereocenters. The summed E-state index contributed by atoms with van der Waals surface area (Å²) in [6.45, 7) is 5.29. The monoisotopic (exact) mass is 304 g/mol. The highest BCUT2D eigenvalue weighted by molar-refractivity contribution is 5.92. The molecule has 0 radical (unpaired) electrons. The molecule has 1 saturated heterocycles. The molecule has 118 valence electrons. The van der Waals surface area contributed by atoms with Gasteiger partial charge in [0.25, 0.3) is 5.91 Å². The van der Waals surface area contributed by atoms with E-state index in [4.69, 9.17) is 9.26 Å². The summed E-state index contributed by atoms with van der Waals surface area (Å²) in [5, 5.41) is 11.0. The third-order valence-electron chi connectivity index (χ3n) is 3.81. The van der Waals surface area contributed by atoms with Crippen LogP contribution in [0.2, 0.25) is 0 Å². The Morgan fingerprint density at radius 2 is 2.41 bits per heavy atom. The Balaban J connectivity index is 1.73. The number of carbonyl (C=O) groups excluding carboxylic acids is 1. The fourth-order valence-corrected chi connectivity index (χ4v) is 2.67. The van der Waals surface area contributed by atoms with Gasteiger partial charge in [-0.15, -0.1) is 0 Å².